The Bertz CT molecular complexity index is 575. The lowest BCUT2D eigenvalue weighted by Crippen LogP contribution is -2.14. The highest BCUT2D eigenvalue weighted by molar-refractivity contribution is 9.10. The van der Waals surface area contributed by atoms with Crippen molar-refractivity contribution in [2.24, 2.45) is 0 Å². The first-order valence-corrected chi connectivity index (χ1v) is 6.98. The van der Waals surface area contributed by atoms with Gasteiger partial charge < -0.3 is 9.84 Å². The molecule has 0 saturated carbocycles. The van der Waals surface area contributed by atoms with E-state index in [1.165, 1.54) is 6.07 Å². The maximum Gasteiger partial charge on any atom is 0.212 e. The highest BCUT2D eigenvalue weighted by atomic mass is 79.9. The molecule has 1 heterocycles. The molecular weight excluding hydrogens is 325 g/mol. The summed E-state index contributed by atoms with van der Waals surface area (Å²) in [6, 6.07) is 8.38. The minimum absolute atomic E-state index is 0.303. The fourth-order valence-corrected chi connectivity index (χ4v) is 2.36. The third kappa shape index (κ3) is 4.02. The van der Waals surface area contributed by atoms with Gasteiger partial charge in [-0.1, -0.05) is 12.1 Å². The molecule has 0 saturated heterocycles. The Kier molecular flexibility index (Phi) is 5.09. The third-order valence-corrected chi connectivity index (χ3v) is 3.54. The molecule has 1 atom stereocenters. The molecule has 106 valence electrons. The van der Waals surface area contributed by atoms with Crippen molar-refractivity contribution >= 4 is 15.9 Å². The van der Waals surface area contributed by atoms with E-state index < -0.39 is 6.10 Å². The molecule has 0 amide bonds. The summed E-state index contributed by atoms with van der Waals surface area (Å²) < 4.78 is 18.5. The summed E-state index contributed by atoms with van der Waals surface area (Å²) >= 11 is 3.14. The van der Waals surface area contributed by atoms with Gasteiger partial charge in [0, 0.05) is 18.7 Å². The Hall–Kier alpha value is -1.46. The fraction of sp³-hybridized carbons (Fsp3) is 0.267. The number of aliphatic hydroxyl groups excluding tert-OH is 1. The van der Waals surface area contributed by atoms with Crippen molar-refractivity contribution in [3.63, 3.8) is 0 Å². The van der Waals surface area contributed by atoms with Crippen LogP contribution >= 0.6 is 15.9 Å². The first kappa shape index (κ1) is 14.9. The summed E-state index contributed by atoms with van der Waals surface area (Å²) in [6.45, 7) is 0. The number of hydrogen-bond acceptors (Lipinski definition) is 3. The van der Waals surface area contributed by atoms with Crippen LogP contribution in [0.15, 0.2) is 41.0 Å². The van der Waals surface area contributed by atoms with E-state index >= 15 is 0 Å². The van der Waals surface area contributed by atoms with Crippen molar-refractivity contribution in [1.29, 1.82) is 0 Å². The molecule has 0 aliphatic rings. The highest BCUT2D eigenvalue weighted by Gasteiger charge is 2.09. The van der Waals surface area contributed by atoms with Crippen LogP contribution in [-0.4, -0.2) is 23.3 Å². The molecule has 2 aromatic rings. The van der Waals surface area contributed by atoms with Gasteiger partial charge >= 0.3 is 0 Å². The van der Waals surface area contributed by atoms with E-state index in [-0.39, 0.29) is 5.82 Å². The summed E-state index contributed by atoms with van der Waals surface area (Å²) in [6.07, 6.45) is 2.10. The first-order valence-electron chi connectivity index (χ1n) is 6.19. The molecule has 1 aromatic carbocycles. The van der Waals surface area contributed by atoms with Crippen molar-refractivity contribution in [3.8, 4) is 5.88 Å². The smallest absolute Gasteiger partial charge is 0.212 e. The summed E-state index contributed by atoms with van der Waals surface area (Å²) in [5.41, 5.74) is 1.81. The molecule has 20 heavy (non-hydrogen) atoms. The SMILES string of the molecule is COc1ccc(CC(O)Cc2ccc(F)c(Br)c2)cn1. The molecule has 3 nitrogen and oxygen atoms in total. The Morgan fingerprint density at radius 2 is 1.95 bits per heavy atom. The lowest BCUT2D eigenvalue weighted by atomic mass is 10.0. The zero-order valence-electron chi connectivity index (χ0n) is 11.0. The highest BCUT2D eigenvalue weighted by Crippen LogP contribution is 2.18. The molecule has 0 aliphatic carbocycles. The van der Waals surface area contributed by atoms with E-state index in [2.05, 4.69) is 20.9 Å². The Labute approximate surface area is 125 Å². The van der Waals surface area contributed by atoms with Crippen LogP contribution in [0.1, 0.15) is 11.1 Å². The first-order chi connectivity index (χ1) is 9.58. The van der Waals surface area contributed by atoms with Gasteiger partial charge in [-0.25, -0.2) is 9.37 Å². The van der Waals surface area contributed by atoms with Crippen LogP contribution in [0, 0.1) is 5.82 Å². The average Bonchev–Trinajstić information content (AvgIpc) is 2.44. The topological polar surface area (TPSA) is 42.4 Å². The number of ether oxygens (including phenoxy) is 1. The van der Waals surface area contributed by atoms with Crippen molar-refractivity contribution in [3.05, 3.63) is 57.9 Å². The van der Waals surface area contributed by atoms with Crippen molar-refractivity contribution in [2.75, 3.05) is 7.11 Å². The van der Waals surface area contributed by atoms with E-state index in [1.54, 1.807) is 31.5 Å². The van der Waals surface area contributed by atoms with Crippen molar-refractivity contribution in [1.82, 2.24) is 4.98 Å². The number of rotatable bonds is 5. The molecule has 5 heteroatoms. The minimum atomic E-state index is -0.539. The van der Waals surface area contributed by atoms with Gasteiger partial charge in [0.1, 0.15) is 5.82 Å². The number of pyridine rings is 1. The van der Waals surface area contributed by atoms with E-state index in [4.69, 9.17) is 4.74 Å². The predicted octanol–water partition coefficient (Wildman–Crippen LogP) is 3.14. The Morgan fingerprint density at radius 3 is 2.55 bits per heavy atom. The largest absolute Gasteiger partial charge is 0.481 e. The molecule has 2 rings (SSSR count). The molecule has 1 aromatic heterocycles. The van der Waals surface area contributed by atoms with Gasteiger partial charge in [-0.3, -0.25) is 0 Å². The Balaban J connectivity index is 1.97. The normalized spacial score (nSPS) is 12.2. The van der Waals surface area contributed by atoms with E-state index in [0.717, 1.165) is 11.1 Å². The monoisotopic (exact) mass is 339 g/mol. The Morgan fingerprint density at radius 1 is 1.25 bits per heavy atom. The van der Waals surface area contributed by atoms with Crippen LogP contribution in [0.25, 0.3) is 0 Å². The maximum atomic E-state index is 13.1. The number of aromatic nitrogens is 1. The molecular formula is C15H15BrFNO2. The van der Waals surface area contributed by atoms with Gasteiger partial charge in [-0.05, 0) is 45.6 Å². The van der Waals surface area contributed by atoms with Gasteiger partial charge in [0.2, 0.25) is 5.88 Å². The second-order valence-electron chi connectivity index (χ2n) is 4.52. The van der Waals surface area contributed by atoms with Crippen LogP contribution in [0.5, 0.6) is 5.88 Å². The van der Waals surface area contributed by atoms with E-state index in [1.807, 2.05) is 6.07 Å². The molecule has 1 N–H and O–H groups in total. The van der Waals surface area contributed by atoms with Gasteiger partial charge in [-0.2, -0.15) is 0 Å². The number of nitrogens with zero attached hydrogens (tertiary/aromatic N) is 1. The lowest BCUT2D eigenvalue weighted by molar-refractivity contribution is 0.175. The van der Waals surface area contributed by atoms with E-state index in [0.29, 0.717) is 23.2 Å². The van der Waals surface area contributed by atoms with Crippen LogP contribution < -0.4 is 4.74 Å². The quantitative estimate of drug-likeness (QED) is 0.909. The summed E-state index contributed by atoms with van der Waals surface area (Å²) in [4.78, 5) is 4.09. The van der Waals surface area contributed by atoms with E-state index in [9.17, 15) is 9.50 Å². The zero-order chi connectivity index (χ0) is 14.5. The zero-order valence-corrected chi connectivity index (χ0v) is 12.6. The van der Waals surface area contributed by atoms with Gasteiger partial charge in [-0.15, -0.1) is 0 Å². The number of hydrogen-bond donors (Lipinski definition) is 1. The summed E-state index contributed by atoms with van der Waals surface area (Å²) in [5, 5.41) is 10.1. The fourth-order valence-electron chi connectivity index (χ4n) is 1.94. The summed E-state index contributed by atoms with van der Waals surface area (Å²) in [7, 11) is 1.56. The second-order valence-corrected chi connectivity index (χ2v) is 5.37. The number of aliphatic hydroxyl groups is 1. The maximum absolute atomic E-state index is 13.1. The minimum Gasteiger partial charge on any atom is -0.481 e. The summed E-state index contributed by atoms with van der Waals surface area (Å²) in [5.74, 6) is 0.244. The third-order valence-electron chi connectivity index (χ3n) is 2.93. The predicted molar refractivity (Wildman–Crippen MR) is 78.3 cm³/mol. The number of halogens is 2. The molecule has 1 unspecified atom stereocenters. The van der Waals surface area contributed by atoms with Crippen LogP contribution in [0.4, 0.5) is 4.39 Å². The van der Waals surface area contributed by atoms with Crippen molar-refractivity contribution < 1.29 is 14.2 Å². The number of benzene rings is 1. The van der Waals surface area contributed by atoms with Crippen LogP contribution in [0.2, 0.25) is 0 Å². The average molecular weight is 340 g/mol. The van der Waals surface area contributed by atoms with Gasteiger partial charge in [0.25, 0.3) is 0 Å². The van der Waals surface area contributed by atoms with Gasteiger partial charge in [0.05, 0.1) is 17.7 Å². The van der Waals surface area contributed by atoms with Gasteiger partial charge in [0.15, 0.2) is 0 Å². The molecule has 0 radical (unpaired) electrons. The molecule has 0 fully saturated rings. The van der Waals surface area contributed by atoms with Crippen LogP contribution in [0.3, 0.4) is 0 Å². The number of methoxy groups -OCH3 is 1. The molecule has 0 bridgehead atoms. The molecule has 0 spiro atoms. The van der Waals surface area contributed by atoms with Crippen LogP contribution in [-0.2, 0) is 12.8 Å². The lowest BCUT2D eigenvalue weighted by Gasteiger charge is -2.11. The molecule has 0 aliphatic heterocycles. The van der Waals surface area contributed by atoms with Crippen molar-refractivity contribution in [2.45, 2.75) is 18.9 Å². The standard InChI is InChI=1S/C15H15BrFNO2/c1-20-15-5-3-11(9-18-15)7-12(19)6-10-2-4-14(17)13(16)8-10/h2-5,8-9,12,19H,6-7H2,1H3. The second kappa shape index (κ2) is 6.81.